The molecule has 2 heterocycles. The maximum atomic E-state index is 11.4. The van der Waals surface area contributed by atoms with Gasteiger partial charge in [0.15, 0.2) is 5.13 Å². The highest BCUT2D eigenvalue weighted by molar-refractivity contribution is 7.14. The standard InChI is InChI=1S/C28H38N4OS/c1-17(2)21-13-23(18(3)4)27(24(14-21)19(5)6)25-16-34-28(32-25)31-22(9-10-26(29)33)12-20-8-7-11-30-15-20/h7-8,11,13-19,22H,9-10,12H2,1-6H3,(H2,29,33)(H,31,32). The Balaban J connectivity index is 1.94. The molecule has 3 aromatic rings. The lowest BCUT2D eigenvalue weighted by Crippen LogP contribution is -2.25. The summed E-state index contributed by atoms with van der Waals surface area (Å²) >= 11 is 1.61. The SMILES string of the molecule is CC(C)c1cc(C(C)C)c(-c2csc(NC(CCC(N)=O)Cc3cccnc3)n2)c(C(C)C)c1. The Bertz CT molecular complexity index is 1060. The summed E-state index contributed by atoms with van der Waals surface area (Å²) in [7, 11) is 0. The highest BCUT2D eigenvalue weighted by atomic mass is 32.1. The first-order valence-corrected chi connectivity index (χ1v) is 13.1. The van der Waals surface area contributed by atoms with E-state index in [0.717, 1.165) is 22.8 Å². The molecule has 3 N–H and O–H groups in total. The van der Waals surface area contributed by atoms with E-state index in [0.29, 0.717) is 30.6 Å². The number of nitrogens with two attached hydrogens (primary N) is 1. The van der Waals surface area contributed by atoms with E-state index in [2.05, 4.69) is 75.4 Å². The van der Waals surface area contributed by atoms with Gasteiger partial charge in [0.05, 0.1) is 5.69 Å². The Morgan fingerprint density at radius 2 is 1.74 bits per heavy atom. The van der Waals surface area contributed by atoms with Gasteiger partial charge in [-0.25, -0.2) is 4.98 Å². The fourth-order valence-corrected chi connectivity index (χ4v) is 5.01. The molecule has 0 bridgehead atoms. The molecular formula is C28H38N4OS. The third-order valence-electron chi connectivity index (χ3n) is 6.16. The lowest BCUT2D eigenvalue weighted by atomic mass is 9.83. The van der Waals surface area contributed by atoms with E-state index in [1.54, 1.807) is 17.5 Å². The van der Waals surface area contributed by atoms with Crippen molar-refractivity contribution in [2.24, 2.45) is 5.73 Å². The number of nitrogens with one attached hydrogen (secondary N) is 1. The van der Waals surface area contributed by atoms with Crippen LogP contribution in [0.5, 0.6) is 0 Å². The van der Waals surface area contributed by atoms with Crippen LogP contribution in [0.25, 0.3) is 11.3 Å². The lowest BCUT2D eigenvalue weighted by molar-refractivity contribution is -0.118. The smallest absolute Gasteiger partial charge is 0.217 e. The van der Waals surface area contributed by atoms with Gasteiger partial charge in [-0.3, -0.25) is 9.78 Å². The van der Waals surface area contributed by atoms with Crippen LogP contribution < -0.4 is 11.1 Å². The van der Waals surface area contributed by atoms with E-state index >= 15 is 0 Å². The molecular weight excluding hydrogens is 440 g/mol. The molecule has 6 heteroatoms. The zero-order valence-electron chi connectivity index (χ0n) is 21.3. The van der Waals surface area contributed by atoms with Crippen LogP contribution in [0.15, 0.2) is 42.0 Å². The minimum absolute atomic E-state index is 0.0492. The predicted octanol–water partition coefficient (Wildman–Crippen LogP) is 6.86. The Morgan fingerprint density at radius 3 is 2.26 bits per heavy atom. The highest BCUT2D eigenvalue weighted by Crippen LogP contribution is 2.39. The average molecular weight is 479 g/mol. The molecule has 1 amide bonds. The van der Waals surface area contributed by atoms with Gasteiger partial charge in [-0.05, 0) is 58.9 Å². The maximum absolute atomic E-state index is 11.4. The maximum Gasteiger partial charge on any atom is 0.217 e. The summed E-state index contributed by atoms with van der Waals surface area (Å²) in [5.41, 5.74) is 12.9. The van der Waals surface area contributed by atoms with Crippen molar-refractivity contribution in [3.8, 4) is 11.3 Å². The molecule has 2 aromatic heterocycles. The minimum atomic E-state index is -0.286. The molecule has 1 unspecified atom stereocenters. The zero-order chi connectivity index (χ0) is 24.8. The van der Waals surface area contributed by atoms with Crippen LogP contribution in [-0.4, -0.2) is 21.9 Å². The number of hydrogen-bond acceptors (Lipinski definition) is 5. The summed E-state index contributed by atoms with van der Waals surface area (Å²) in [6.07, 6.45) is 5.38. The van der Waals surface area contributed by atoms with Gasteiger partial charge in [0, 0.05) is 35.8 Å². The van der Waals surface area contributed by atoms with Crippen LogP contribution in [0.4, 0.5) is 5.13 Å². The first-order valence-electron chi connectivity index (χ1n) is 12.2. The first kappa shape index (κ1) is 25.9. The van der Waals surface area contributed by atoms with Crippen molar-refractivity contribution in [2.45, 2.75) is 84.6 Å². The van der Waals surface area contributed by atoms with Crippen molar-refractivity contribution in [3.05, 3.63) is 64.3 Å². The molecule has 34 heavy (non-hydrogen) atoms. The van der Waals surface area contributed by atoms with Crippen LogP contribution >= 0.6 is 11.3 Å². The summed E-state index contributed by atoms with van der Waals surface area (Å²) in [6.45, 7) is 13.5. The number of carbonyl (C=O) groups excluding carboxylic acids is 1. The number of aromatic nitrogens is 2. The molecule has 0 aliphatic carbocycles. The number of hydrogen-bond donors (Lipinski definition) is 2. The number of nitrogens with zero attached hydrogens (tertiary/aromatic N) is 2. The van der Waals surface area contributed by atoms with Crippen molar-refractivity contribution >= 4 is 22.4 Å². The zero-order valence-corrected chi connectivity index (χ0v) is 22.1. The van der Waals surface area contributed by atoms with E-state index in [4.69, 9.17) is 10.7 Å². The molecule has 182 valence electrons. The first-order chi connectivity index (χ1) is 16.2. The van der Waals surface area contributed by atoms with E-state index in [1.807, 2.05) is 12.3 Å². The van der Waals surface area contributed by atoms with Crippen molar-refractivity contribution in [1.82, 2.24) is 9.97 Å². The van der Waals surface area contributed by atoms with E-state index in [-0.39, 0.29) is 11.9 Å². The molecule has 0 aliphatic heterocycles. The Hall–Kier alpha value is -2.73. The molecule has 3 rings (SSSR count). The number of rotatable bonds is 11. The second-order valence-electron chi connectivity index (χ2n) is 9.99. The number of amides is 1. The summed E-state index contributed by atoms with van der Waals surface area (Å²) < 4.78 is 0. The van der Waals surface area contributed by atoms with Crippen LogP contribution in [-0.2, 0) is 11.2 Å². The molecule has 0 saturated heterocycles. The molecule has 0 fully saturated rings. The largest absolute Gasteiger partial charge is 0.370 e. The third kappa shape index (κ3) is 6.66. The predicted molar refractivity (Wildman–Crippen MR) is 144 cm³/mol. The molecule has 1 aromatic carbocycles. The number of benzene rings is 1. The van der Waals surface area contributed by atoms with Crippen molar-refractivity contribution in [1.29, 1.82) is 0 Å². The van der Waals surface area contributed by atoms with Gasteiger partial charge in [0.25, 0.3) is 0 Å². The summed E-state index contributed by atoms with van der Waals surface area (Å²) in [5, 5.41) is 6.59. The van der Waals surface area contributed by atoms with Crippen molar-refractivity contribution in [3.63, 3.8) is 0 Å². The van der Waals surface area contributed by atoms with Gasteiger partial charge in [-0.1, -0.05) is 59.7 Å². The quantitative estimate of drug-likeness (QED) is 0.315. The minimum Gasteiger partial charge on any atom is -0.370 e. The van der Waals surface area contributed by atoms with Gasteiger partial charge in [0.2, 0.25) is 5.91 Å². The van der Waals surface area contributed by atoms with Crippen LogP contribution in [0, 0.1) is 0 Å². The fourth-order valence-electron chi connectivity index (χ4n) is 4.23. The van der Waals surface area contributed by atoms with Crippen LogP contribution in [0.2, 0.25) is 0 Å². The third-order valence-corrected chi connectivity index (χ3v) is 6.94. The monoisotopic (exact) mass is 478 g/mol. The number of anilines is 1. The number of primary amides is 1. The van der Waals surface area contributed by atoms with Gasteiger partial charge in [-0.15, -0.1) is 11.3 Å². The Kier molecular flexibility index (Phi) is 8.84. The Labute approximate surface area is 208 Å². The molecule has 0 radical (unpaired) electrons. The van der Waals surface area contributed by atoms with E-state index in [9.17, 15) is 4.79 Å². The fraction of sp³-hybridized carbons (Fsp3) is 0.464. The highest BCUT2D eigenvalue weighted by Gasteiger charge is 2.21. The number of pyridine rings is 1. The van der Waals surface area contributed by atoms with E-state index < -0.39 is 0 Å². The summed E-state index contributed by atoms with van der Waals surface area (Å²) in [4.78, 5) is 20.7. The van der Waals surface area contributed by atoms with Crippen LogP contribution in [0.3, 0.4) is 0 Å². The second-order valence-corrected chi connectivity index (χ2v) is 10.8. The van der Waals surface area contributed by atoms with Crippen LogP contribution in [0.1, 0.15) is 94.4 Å². The van der Waals surface area contributed by atoms with Crippen molar-refractivity contribution in [2.75, 3.05) is 5.32 Å². The average Bonchev–Trinajstić information content (AvgIpc) is 3.25. The molecule has 0 saturated carbocycles. The molecule has 0 aliphatic rings. The summed E-state index contributed by atoms with van der Waals surface area (Å²) in [6, 6.07) is 8.76. The molecule has 1 atom stereocenters. The van der Waals surface area contributed by atoms with Crippen molar-refractivity contribution < 1.29 is 4.79 Å². The second kappa shape index (κ2) is 11.6. The van der Waals surface area contributed by atoms with Gasteiger partial charge in [-0.2, -0.15) is 0 Å². The number of thiazole rings is 1. The van der Waals surface area contributed by atoms with Gasteiger partial charge in [0.1, 0.15) is 0 Å². The lowest BCUT2D eigenvalue weighted by Gasteiger charge is -2.22. The van der Waals surface area contributed by atoms with Gasteiger partial charge >= 0.3 is 0 Å². The molecule has 0 spiro atoms. The Morgan fingerprint density at radius 1 is 1.06 bits per heavy atom. The van der Waals surface area contributed by atoms with E-state index in [1.165, 1.54) is 22.3 Å². The normalized spacial score (nSPS) is 12.5. The topological polar surface area (TPSA) is 80.9 Å². The summed E-state index contributed by atoms with van der Waals surface area (Å²) in [5.74, 6) is 0.998. The molecule has 5 nitrogen and oxygen atoms in total. The van der Waals surface area contributed by atoms with Gasteiger partial charge < -0.3 is 11.1 Å². The number of carbonyl (C=O) groups is 1.